The Labute approximate surface area is 319 Å². The number of rotatable bonds is 42. The molecule has 0 aliphatic rings. The van der Waals surface area contributed by atoms with Gasteiger partial charge in [-0.25, -0.2) is 0 Å². The molecule has 0 aromatic rings. The van der Waals surface area contributed by atoms with Crippen molar-refractivity contribution in [2.45, 2.75) is 270 Å². The van der Waals surface area contributed by atoms with E-state index in [0.29, 0.717) is 12.8 Å². The van der Waals surface area contributed by atoms with Gasteiger partial charge in [-0.05, 0) is 38.5 Å². The quantitative estimate of drug-likeness (QED) is 0.0373. The number of carbonyl (C=O) groups is 1. The summed E-state index contributed by atoms with van der Waals surface area (Å²) >= 11 is 0. The third-order valence-corrected chi connectivity index (χ3v) is 10.9. The fourth-order valence-corrected chi connectivity index (χ4v) is 7.28. The SMILES string of the molecule is CCCCCCCCCCCCCCC/C=C/CCCC(O)C(O)C(CO)NC(=O)CCCCCCCCCCCCCCCCCCCCC. The Morgan fingerprint density at radius 2 is 0.784 bits per heavy atom. The van der Waals surface area contributed by atoms with Crippen molar-refractivity contribution in [1.29, 1.82) is 0 Å². The van der Waals surface area contributed by atoms with Crippen molar-refractivity contribution in [2.24, 2.45) is 0 Å². The molecule has 4 N–H and O–H groups in total. The minimum Gasteiger partial charge on any atom is -0.394 e. The Morgan fingerprint density at radius 3 is 1.14 bits per heavy atom. The highest BCUT2D eigenvalue weighted by atomic mass is 16.3. The monoisotopic (exact) mass is 722 g/mol. The maximum absolute atomic E-state index is 12.4. The molecule has 0 aliphatic heterocycles. The highest BCUT2D eigenvalue weighted by Gasteiger charge is 2.26. The average Bonchev–Trinajstić information content (AvgIpc) is 3.13. The molecule has 0 saturated heterocycles. The molecule has 0 bridgehead atoms. The molecule has 1 amide bonds. The van der Waals surface area contributed by atoms with Crippen LogP contribution < -0.4 is 5.32 Å². The predicted molar refractivity (Wildman–Crippen MR) is 222 cm³/mol. The lowest BCUT2D eigenvalue weighted by atomic mass is 10.0. The molecule has 0 aliphatic carbocycles. The van der Waals surface area contributed by atoms with E-state index in [-0.39, 0.29) is 12.5 Å². The van der Waals surface area contributed by atoms with Crippen LogP contribution in [-0.2, 0) is 4.79 Å². The highest BCUT2D eigenvalue weighted by Crippen LogP contribution is 2.16. The molecule has 0 aromatic carbocycles. The molecule has 0 aromatic heterocycles. The number of aliphatic hydroxyl groups excluding tert-OH is 3. The van der Waals surface area contributed by atoms with Gasteiger partial charge < -0.3 is 20.6 Å². The zero-order valence-corrected chi connectivity index (χ0v) is 34.5. The van der Waals surface area contributed by atoms with Gasteiger partial charge in [-0.3, -0.25) is 4.79 Å². The van der Waals surface area contributed by atoms with Gasteiger partial charge in [0.05, 0.1) is 18.8 Å². The van der Waals surface area contributed by atoms with Crippen LogP contribution in [0.3, 0.4) is 0 Å². The summed E-state index contributed by atoms with van der Waals surface area (Å²) < 4.78 is 0. The third-order valence-electron chi connectivity index (χ3n) is 10.9. The lowest BCUT2D eigenvalue weighted by Gasteiger charge is -2.26. The van der Waals surface area contributed by atoms with E-state index in [4.69, 9.17) is 0 Å². The number of amides is 1. The number of aliphatic hydroxyl groups is 3. The van der Waals surface area contributed by atoms with E-state index in [1.165, 1.54) is 186 Å². The van der Waals surface area contributed by atoms with Crippen molar-refractivity contribution in [3.8, 4) is 0 Å². The van der Waals surface area contributed by atoms with Crippen molar-refractivity contribution in [2.75, 3.05) is 6.61 Å². The van der Waals surface area contributed by atoms with Gasteiger partial charge in [0.15, 0.2) is 0 Å². The van der Waals surface area contributed by atoms with Gasteiger partial charge in [0.2, 0.25) is 5.91 Å². The van der Waals surface area contributed by atoms with Crippen LogP contribution in [0.15, 0.2) is 12.2 Å². The van der Waals surface area contributed by atoms with E-state index in [0.717, 1.165) is 38.5 Å². The largest absolute Gasteiger partial charge is 0.394 e. The van der Waals surface area contributed by atoms with E-state index in [1.54, 1.807) is 0 Å². The molecule has 5 heteroatoms. The normalized spacial score (nSPS) is 13.6. The fourth-order valence-electron chi connectivity index (χ4n) is 7.28. The van der Waals surface area contributed by atoms with E-state index < -0.39 is 18.2 Å². The fraction of sp³-hybridized carbons (Fsp3) is 0.935. The molecule has 51 heavy (non-hydrogen) atoms. The second-order valence-electron chi connectivity index (χ2n) is 16.0. The minimum absolute atomic E-state index is 0.150. The Kier molecular flexibility index (Phi) is 41.1. The number of nitrogens with one attached hydrogen (secondary N) is 1. The lowest BCUT2D eigenvalue weighted by Crippen LogP contribution is -2.50. The molecule has 0 saturated carbocycles. The second kappa shape index (κ2) is 41.8. The zero-order chi connectivity index (χ0) is 37.3. The topological polar surface area (TPSA) is 89.8 Å². The molecule has 0 rings (SSSR count). The van der Waals surface area contributed by atoms with Crippen molar-refractivity contribution in [3.05, 3.63) is 12.2 Å². The Morgan fingerprint density at radius 1 is 0.471 bits per heavy atom. The van der Waals surface area contributed by atoms with E-state index in [2.05, 4.69) is 31.3 Å². The first-order valence-corrected chi connectivity index (χ1v) is 23.0. The summed E-state index contributed by atoms with van der Waals surface area (Å²) in [5.41, 5.74) is 0. The standard InChI is InChI=1S/C46H91NO4/c1-3-5-7-9-11-13-15-17-19-21-23-25-27-29-31-33-35-37-39-41-45(50)47-43(42-48)46(51)44(49)40-38-36-34-32-30-28-26-24-22-20-18-16-14-12-10-8-6-4-2/h32,34,43-44,46,48-49,51H,3-31,33,35-42H2,1-2H3,(H,47,50)/b34-32+. The summed E-state index contributed by atoms with van der Waals surface area (Å²) in [5, 5.41) is 33.5. The number of allylic oxidation sites excluding steroid dienone is 2. The first-order chi connectivity index (χ1) is 25.1. The van der Waals surface area contributed by atoms with Crippen LogP contribution in [0.5, 0.6) is 0 Å². The highest BCUT2D eigenvalue weighted by molar-refractivity contribution is 5.76. The van der Waals surface area contributed by atoms with Crippen LogP contribution in [0.25, 0.3) is 0 Å². The smallest absolute Gasteiger partial charge is 0.220 e. The summed E-state index contributed by atoms with van der Waals surface area (Å²) in [6, 6.07) is -0.820. The summed E-state index contributed by atoms with van der Waals surface area (Å²) in [6.07, 6.45) is 49.0. The molecule has 0 heterocycles. The third kappa shape index (κ3) is 37.2. The van der Waals surface area contributed by atoms with Gasteiger partial charge in [-0.15, -0.1) is 0 Å². The summed E-state index contributed by atoms with van der Waals surface area (Å²) in [4.78, 5) is 12.4. The van der Waals surface area contributed by atoms with Crippen LogP contribution in [0.2, 0.25) is 0 Å². The molecule has 0 fully saturated rings. The molecular formula is C46H91NO4. The van der Waals surface area contributed by atoms with Crippen molar-refractivity contribution >= 4 is 5.91 Å². The predicted octanol–water partition coefficient (Wildman–Crippen LogP) is 13.2. The van der Waals surface area contributed by atoms with Gasteiger partial charge in [0.25, 0.3) is 0 Å². The van der Waals surface area contributed by atoms with E-state index in [9.17, 15) is 20.1 Å². The molecule has 3 unspecified atom stereocenters. The first-order valence-electron chi connectivity index (χ1n) is 23.0. The summed E-state index contributed by atoms with van der Waals surface area (Å²) in [7, 11) is 0. The molecule has 0 radical (unpaired) electrons. The molecular weight excluding hydrogens is 631 g/mol. The van der Waals surface area contributed by atoms with Gasteiger partial charge >= 0.3 is 0 Å². The average molecular weight is 722 g/mol. The molecule has 5 nitrogen and oxygen atoms in total. The Bertz CT molecular complexity index is 713. The van der Waals surface area contributed by atoms with E-state index in [1.807, 2.05) is 0 Å². The van der Waals surface area contributed by atoms with Crippen molar-refractivity contribution < 1.29 is 20.1 Å². The summed E-state index contributed by atoms with van der Waals surface area (Å²) in [5.74, 6) is -0.150. The maximum atomic E-state index is 12.4. The van der Waals surface area contributed by atoms with Gasteiger partial charge in [0, 0.05) is 6.42 Å². The van der Waals surface area contributed by atoms with Crippen LogP contribution in [0.4, 0.5) is 0 Å². The number of hydrogen-bond acceptors (Lipinski definition) is 4. The van der Waals surface area contributed by atoms with Crippen LogP contribution in [0.1, 0.15) is 251 Å². The van der Waals surface area contributed by atoms with E-state index >= 15 is 0 Å². The number of hydrogen-bond donors (Lipinski definition) is 4. The Balaban J connectivity index is 3.62. The zero-order valence-electron chi connectivity index (χ0n) is 34.5. The molecule has 304 valence electrons. The Hall–Kier alpha value is -0.910. The minimum atomic E-state index is -1.15. The summed E-state index contributed by atoms with van der Waals surface area (Å²) in [6.45, 7) is 4.19. The maximum Gasteiger partial charge on any atom is 0.220 e. The van der Waals surface area contributed by atoms with Crippen LogP contribution >= 0.6 is 0 Å². The van der Waals surface area contributed by atoms with Crippen molar-refractivity contribution in [3.63, 3.8) is 0 Å². The van der Waals surface area contributed by atoms with Gasteiger partial charge in [-0.1, -0.05) is 219 Å². The van der Waals surface area contributed by atoms with Gasteiger partial charge in [-0.2, -0.15) is 0 Å². The number of unbranched alkanes of at least 4 members (excludes halogenated alkanes) is 32. The number of carbonyl (C=O) groups excluding carboxylic acids is 1. The second-order valence-corrected chi connectivity index (χ2v) is 16.0. The molecule has 0 spiro atoms. The van der Waals surface area contributed by atoms with Crippen LogP contribution in [-0.4, -0.2) is 46.1 Å². The molecule has 3 atom stereocenters. The van der Waals surface area contributed by atoms with Crippen molar-refractivity contribution in [1.82, 2.24) is 5.32 Å². The van der Waals surface area contributed by atoms with Crippen LogP contribution in [0, 0.1) is 0 Å². The van der Waals surface area contributed by atoms with Gasteiger partial charge in [0.1, 0.15) is 6.10 Å². The lowest BCUT2D eigenvalue weighted by molar-refractivity contribution is -0.124. The first kappa shape index (κ1) is 50.1.